The fourth-order valence-corrected chi connectivity index (χ4v) is 2.33. The molecule has 86 valence electrons. The van der Waals surface area contributed by atoms with Crippen molar-refractivity contribution in [2.45, 2.75) is 51.3 Å². The zero-order valence-electron chi connectivity index (χ0n) is 9.67. The van der Waals surface area contributed by atoms with Crippen molar-refractivity contribution in [2.75, 3.05) is 6.54 Å². The maximum atomic E-state index is 11.5. The summed E-state index contributed by atoms with van der Waals surface area (Å²) in [6.07, 6.45) is 1.86. The van der Waals surface area contributed by atoms with Crippen molar-refractivity contribution in [3.05, 3.63) is 0 Å². The molecule has 0 aromatic heterocycles. The molecule has 1 aliphatic carbocycles. The van der Waals surface area contributed by atoms with Gasteiger partial charge in [-0.3, -0.25) is 0 Å². The van der Waals surface area contributed by atoms with E-state index in [1.54, 1.807) is 0 Å². The van der Waals surface area contributed by atoms with Gasteiger partial charge in [-0.2, -0.15) is 0 Å². The lowest BCUT2D eigenvalue weighted by molar-refractivity contribution is 0.0505. The van der Waals surface area contributed by atoms with Crippen LogP contribution in [0.15, 0.2) is 0 Å². The Morgan fingerprint density at radius 3 is 2.53 bits per heavy atom. The summed E-state index contributed by atoms with van der Waals surface area (Å²) >= 11 is 0. The molecule has 0 unspecified atom stereocenters. The number of carbonyl (C=O) groups excluding carboxylic acids is 1. The van der Waals surface area contributed by atoms with E-state index in [0.29, 0.717) is 12.1 Å². The zero-order chi connectivity index (χ0) is 11.1. The Kier molecular flexibility index (Phi) is 2.63. The summed E-state index contributed by atoms with van der Waals surface area (Å²) in [5.74, 6) is 0.768. The van der Waals surface area contributed by atoms with Gasteiger partial charge >= 0.3 is 6.09 Å². The molecule has 0 aromatic carbocycles. The number of fused-ring (bicyclic) bond motifs is 1. The molecule has 2 fully saturated rings. The number of nitrogens with one attached hydrogen (secondary N) is 2. The van der Waals surface area contributed by atoms with Gasteiger partial charge in [-0.1, -0.05) is 0 Å². The average molecular weight is 212 g/mol. The Morgan fingerprint density at radius 1 is 1.40 bits per heavy atom. The highest BCUT2D eigenvalue weighted by Crippen LogP contribution is 2.31. The number of alkyl carbamates (subject to hydrolysis) is 1. The van der Waals surface area contributed by atoms with Gasteiger partial charge in [0.2, 0.25) is 0 Å². The molecule has 1 amide bonds. The first-order chi connectivity index (χ1) is 6.94. The molecule has 1 aliphatic heterocycles. The van der Waals surface area contributed by atoms with Gasteiger partial charge in [0.15, 0.2) is 0 Å². The number of rotatable bonds is 1. The van der Waals surface area contributed by atoms with Gasteiger partial charge in [0, 0.05) is 12.1 Å². The lowest BCUT2D eigenvalue weighted by Gasteiger charge is -2.31. The van der Waals surface area contributed by atoms with E-state index < -0.39 is 5.60 Å². The number of hydrogen-bond donors (Lipinski definition) is 2. The standard InChI is InChI=1S/C11H20N2O2/c1-11(2,3)15-10(14)13-8-4-7-6-12-9(7)5-8/h7-9,12H,4-6H2,1-3H3,(H,13,14)/t7-,8+,9+/m0/s1. The van der Waals surface area contributed by atoms with Crippen molar-refractivity contribution >= 4 is 6.09 Å². The average Bonchev–Trinajstić information content (AvgIpc) is 2.26. The monoisotopic (exact) mass is 212 g/mol. The van der Waals surface area contributed by atoms with Crippen LogP contribution in [0.25, 0.3) is 0 Å². The first kappa shape index (κ1) is 10.7. The Morgan fingerprint density at radius 2 is 2.13 bits per heavy atom. The van der Waals surface area contributed by atoms with Crippen LogP contribution in [0.2, 0.25) is 0 Å². The quantitative estimate of drug-likeness (QED) is 0.688. The van der Waals surface area contributed by atoms with E-state index in [4.69, 9.17) is 4.74 Å². The third-order valence-electron chi connectivity index (χ3n) is 3.06. The molecule has 15 heavy (non-hydrogen) atoms. The van der Waals surface area contributed by atoms with E-state index in [0.717, 1.165) is 25.3 Å². The molecule has 1 saturated carbocycles. The lowest BCUT2D eigenvalue weighted by Crippen LogP contribution is -2.49. The summed E-state index contributed by atoms with van der Waals surface area (Å²) in [7, 11) is 0. The van der Waals surface area contributed by atoms with Crippen LogP contribution in [-0.2, 0) is 4.74 Å². The Hall–Kier alpha value is -0.770. The van der Waals surface area contributed by atoms with E-state index in [-0.39, 0.29) is 6.09 Å². The first-order valence-corrected chi connectivity index (χ1v) is 5.67. The predicted octanol–water partition coefficient (Wildman–Crippen LogP) is 1.26. The van der Waals surface area contributed by atoms with Crippen molar-refractivity contribution in [3.63, 3.8) is 0 Å². The second-order valence-electron chi connectivity index (χ2n) is 5.59. The van der Waals surface area contributed by atoms with Crippen molar-refractivity contribution in [1.29, 1.82) is 0 Å². The van der Waals surface area contributed by atoms with E-state index in [2.05, 4.69) is 10.6 Å². The van der Waals surface area contributed by atoms with Gasteiger partial charge < -0.3 is 15.4 Å². The normalized spacial score (nSPS) is 34.2. The fraction of sp³-hybridized carbons (Fsp3) is 0.909. The molecule has 0 aromatic rings. The molecule has 2 aliphatic rings. The highest BCUT2D eigenvalue weighted by molar-refractivity contribution is 5.68. The second-order valence-corrected chi connectivity index (χ2v) is 5.59. The van der Waals surface area contributed by atoms with E-state index in [1.165, 1.54) is 0 Å². The Balaban J connectivity index is 1.75. The summed E-state index contributed by atoms with van der Waals surface area (Å²) in [4.78, 5) is 11.5. The minimum Gasteiger partial charge on any atom is -0.444 e. The van der Waals surface area contributed by atoms with Gasteiger partial charge in [-0.25, -0.2) is 4.79 Å². The summed E-state index contributed by atoms with van der Waals surface area (Å²) in [6, 6.07) is 0.926. The van der Waals surface area contributed by atoms with Crippen molar-refractivity contribution in [3.8, 4) is 0 Å². The van der Waals surface area contributed by atoms with Gasteiger partial charge in [0.1, 0.15) is 5.60 Å². The predicted molar refractivity (Wildman–Crippen MR) is 57.7 cm³/mol. The van der Waals surface area contributed by atoms with Crippen LogP contribution in [0, 0.1) is 5.92 Å². The molecule has 3 atom stereocenters. The highest BCUT2D eigenvalue weighted by atomic mass is 16.6. The summed E-state index contributed by atoms with van der Waals surface area (Å²) < 4.78 is 5.22. The van der Waals surface area contributed by atoms with Crippen LogP contribution in [0.3, 0.4) is 0 Å². The molecule has 4 nitrogen and oxygen atoms in total. The maximum absolute atomic E-state index is 11.5. The van der Waals surface area contributed by atoms with Crippen molar-refractivity contribution in [2.24, 2.45) is 5.92 Å². The summed E-state index contributed by atoms with van der Waals surface area (Å²) in [5.41, 5.74) is -0.403. The lowest BCUT2D eigenvalue weighted by atomic mass is 9.96. The van der Waals surface area contributed by atoms with E-state index >= 15 is 0 Å². The number of ether oxygens (including phenoxy) is 1. The molecule has 4 heteroatoms. The molecule has 2 N–H and O–H groups in total. The van der Waals surface area contributed by atoms with Crippen LogP contribution in [-0.4, -0.2) is 30.3 Å². The Bertz CT molecular complexity index is 248. The highest BCUT2D eigenvalue weighted by Gasteiger charge is 2.40. The van der Waals surface area contributed by atoms with Gasteiger partial charge in [0.25, 0.3) is 0 Å². The number of hydrogen-bond acceptors (Lipinski definition) is 3. The molecular weight excluding hydrogens is 192 g/mol. The number of amides is 1. The maximum Gasteiger partial charge on any atom is 0.407 e. The van der Waals surface area contributed by atoms with Crippen LogP contribution < -0.4 is 10.6 Å². The summed E-state index contributed by atoms with van der Waals surface area (Å²) in [5, 5.41) is 6.30. The third-order valence-corrected chi connectivity index (χ3v) is 3.06. The van der Waals surface area contributed by atoms with Crippen LogP contribution >= 0.6 is 0 Å². The van der Waals surface area contributed by atoms with Crippen LogP contribution in [0.5, 0.6) is 0 Å². The molecule has 1 saturated heterocycles. The largest absolute Gasteiger partial charge is 0.444 e. The van der Waals surface area contributed by atoms with E-state index in [9.17, 15) is 4.79 Å². The minimum absolute atomic E-state index is 0.284. The molecule has 1 heterocycles. The van der Waals surface area contributed by atoms with E-state index in [1.807, 2.05) is 20.8 Å². The third kappa shape index (κ3) is 2.62. The molecular formula is C11H20N2O2. The molecule has 0 radical (unpaired) electrons. The fourth-order valence-electron chi connectivity index (χ4n) is 2.33. The summed E-state index contributed by atoms with van der Waals surface area (Å²) in [6.45, 7) is 6.75. The minimum atomic E-state index is -0.403. The Labute approximate surface area is 90.8 Å². The van der Waals surface area contributed by atoms with Crippen molar-refractivity contribution < 1.29 is 9.53 Å². The van der Waals surface area contributed by atoms with Gasteiger partial charge in [-0.15, -0.1) is 0 Å². The zero-order valence-corrected chi connectivity index (χ0v) is 9.67. The molecule has 0 spiro atoms. The van der Waals surface area contributed by atoms with Crippen molar-refractivity contribution in [1.82, 2.24) is 10.6 Å². The molecule has 2 rings (SSSR count). The first-order valence-electron chi connectivity index (χ1n) is 5.67. The smallest absolute Gasteiger partial charge is 0.407 e. The second kappa shape index (κ2) is 3.67. The SMILES string of the molecule is CC(C)(C)OC(=O)N[C@@H]1C[C@H]2CN[C@@H]2C1. The van der Waals surface area contributed by atoms with Gasteiger partial charge in [0.05, 0.1) is 0 Å². The van der Waals surface area contributed by atoms with Gasteiger partial charge in [-0.05, 0) is 46.1 Å². The topological polar surface area (TPSA) is 50.4 Å². The number of carbonyl (C=O) groups is 1. The van der Waals surface area contributed by atoms with Crippen LogP contribution in [0.4, 0.5) is 4.79 Å². The van der Waals surface area contributed by atoms with Crippen LogP contribution in [0.1, 0.15) is 33.6 Å². The molecule has 0 bridgehead atoms.